The van der Waals surface area contributed by atoms with Gasteiger partial charge in [0.1, 0.15) is 5.65 Å². The number of benzene rings is 1. The van der Waals surface area contributed by atoms with Crippen molar-refractivity contribution in [3.8, 4) is 11.3 Å². The first-order valence-electron chi connectivity index (χ1n) is 9.95. The number of hydrogen-bond acceptors (Lipinski definition) is 3. The Hall–Kier alpha value is -2.66. The molecular formula is C23H27N3O2. The predicted molar refractivity (Wildman–Crippen MR) is 110 cm³/mol. The molecule has 3 heterocycles. The summed E-state index contributed by atoms with van der Waals surface area (Å²) in [4.78, 5) is 17.7. The van der Waals surface area contributed by atoms with Crippen molar-refractivity contribution in [3.05, 3.63) is 59.4 Å². The number of hydrogen-bond donors (Lipinski definition) is 1. The van der Waals surface area contributed by atoms with Crippen molar-refractivity contribution in [2.24, 2.45) is 0 Å². The van der Waals surface area contributed by atoms with E-state index in [1.807, 2.05) is 6.07 Å². The lowest BCUT2D eigenvalue weighted by atomic mass is 10.0. The Morgan fingerprint density at radius 2 is 1.93 bits per heavy atom. The zero-order valence-corrected chi connectivity index (χ0v) is 16.7. The second-order valence-electron chi connectivity index (χ2n) is 7.85. The van der Waals surface area contributed by atoms with Crippen LogP contribution in [0.5, 0.6) is 0 Å². The van der Waals surface area contributed by atoms with Gasteiger partial charge in [0.2, 0.25) is 5.91 Å². The lowest BCUT2D eigenvalue weighted by molar-refractivity contribution is -0.122. The van der Waals surface area contributed by atoms with Gasteiger partial charge in [-0.3, -0.25) is 4.79 Å². The van der Waals surface area contributed by atoms with Crippen molar-refractivity contribution in [3.63, 3.8) is 0 Å². The smallest absolute Gasteiger partial charge is 0.226 e. The van der Waals surface area contributed by atoms with Crippen LogP contribution in [0.4, 0.5) is 0 Å². The van der Waals surface area contributed by atoms with Crippen LogP contribution in [0.3, 0.4) is 0 Å². The Morgan fingerprint density at radius 3 is 2.68 bits per heavy atom. The topological polar surface area (TPSA) is 55.6 Å². The van der Waals surface area contributed by atoms with Crippen LogP contribution in [-0.2, 0) is 16.0 Å². The molecule has 2 unspecified atom stereocenters. The number of amides is 1. The van der Waals surface area contributed by atoms with Gasteiger partial charge in [0.15, 0.2) is 0 Å². The van der Waals surface area contributed by atoms with Gasteiger partial charge in [-0.2, -0.15) is 0 Å². The summed E-state index contributed by atoms with van der Waals surface area (Å²) in [6.07, 6.45) is 4.29. The van der Waals surface area contributed by atoms with Gasteiger partial charge in [0.25, 0.3) is 0 Å². The van der Waals surface area contributed by atoms with E-state index in [1.165, 1.54) is 5.56 Å². The molecule has 1 N–H and O–H groups in total. The van der Waals surface area contributed by atoms with E-state index in [9.17, 15) is 4.79 Å². The first-order chi connectivity index (χ1) is 13.5. The highest BCUT2D eigenvalue weighted by Gasteiger charge is 2.23. The molecule has 0 aliphatic carbocycles. The summed E-state index contributed by atoms with van der Waals surface area (Å²) < 4.78 is 7.64. The van der Waals surface area contributed by atoms with Crippen molar-refractivity contribution in [2.45, 2.75) is 52.2 Å². The van der Waals surface area contributed by atoms with Gasteiger partial charge < -0.3 is 14.5 Å². The van der Waals surface area contributed by atoms with Gasteiger partial charge in [-0.25, -0.2) is 4.98 Å². The van der Waals surface area contributed by atoms with Gasteiger partial charge >= 0.3 is 0 Å². The Morgan fingerprint density at radius 1 is 1.18 bits per heavy atom. The van der Waals surface area contributed by atoms with Gasteiger partial charge in [-0.15, -0.1) is 0 Å². The molecule has 4 rings (SSSR count). The molecule has 0 saturated carbocycles. The minimum Gasteiger partial charge on any atom is -0.378 e. The molecule has 1 amide bonds. The molecule has 146 valence electrons. The van der Waals surface area contributed by atoms with Crippen LogP contribution in [-0.4, -0.2) is 34.0 Å². The first kappa shape index (κ1) is 18.7. The normalized spacial score (nSPS) is 19.7. The molecule has 28 heavy (non-hydrogen) atoms. The van der Waals surface area contributed by atoms with Crippen LogP contribution in [0.1, 0.15) is 36.6 Å². The predicted octanol–water partition coefficient (Wildman–Crippen LogP) is 3.84. The van der Waals surface area contributed by atoms with E-state index in [0.717, 1.165) is 41.0 Å². The summed E-state index contributed by atoms with van der Waals surface area (Å²) >= 11 is 0. The third-order valence-corrected chi connectivity index (χ3v) is 5.37. The fraction of sp³-hybridized carbons (Fsp3) is 0.391. The third kappa shape index (κ3) is 3.94. The number of carbonyl (C=O) groups excluding carboxylic acids is 1. The number of nitrogens with zero attached hydrogens (tertiary/aromatic N) is 2. The second-order valence-corrected chi connectivity index (χ2v) is 7.85. The molecule has 1 aromatic carbocycles. The SMILES string of the molecule is Cc1ccc(-c2nc3ccc(C)cn3c2CC(=O)NC2CCOC(C)C2)cc1. The number of aromatic nitrogens is 2. The lowest BCUT2D eigenvalue weighted by Crippen LogP contribution is -2.42. The molecule has 3 aromatic rings. The van der Waals surface area contributed by atoms with E-state index >= 15 is 0 Å². The summed E-state index contributed by atoms with van der Waals surface area (Å²) in [5.41, 5.74) is 6.05. The molecule has 0 radical (unpaired) electrons. The van der Waals surface area contributed by atoms with Crippen molar-refractivity contribution < 1.29 is 9.53 Å². The summed E-state index contributed by atoms with van der Waals surface area (Å²) in [5, 5.41) is 3.19. The fourth-order valence-corrected chi connectivity index (χ4v) is 3.87. The number of nitrogens with one attached hydrogen (secondary N) is 1. The second kappa shape index (κ2) is 7.76. The Labute approximate surface area is 165 Å². The first-order valence-corrected chi connectivity index (χ1v) is 9.95. The van der Waals surface area contributed by atoms with E-state index in [2.05, 4.69) is 67.0 Å². The minimum absolute atomic E-state index is 0.0377. The highest BCUT2D eigenvalue weighted by Crippen LogP contribution is 2.26. The standard InChI is InChI=1S/C23H27N3O2/c1-15-4-7-18(8-5-15)23-20(26-14-16(2)6-9-21(26)25-23)13-22(27)24-19-10-11-28-17(3)12-19/h4-9,14,17,19H,10-13H2,1-3H3,(H,24,27). The average Bonchev–Trinajstić information content (AvgIpc) is 3.00. The lowest BCUT2D eigenvalue weighted by Gasteiger charge is -2.28. The maximum Gasteiger partial charge on any atom is 0.226 e. The Bertz CT molecular complexity index is 991. The fourth-order valence-electron chi connectivity index (χ4n) is 3.87. The van der Waals surface area contributed by atoms with E-state index < -0.39 is 0 Å². The van der Waals surface area contributed by atoms with Gasteiger partial charge in [0.05, 0.1) is 23.9 Å². The van der Waals surface area contributed by atoms with Crippen molar-refractivity contribution in [1.82, 2.24) is 14.7 Å². The summed E-state index contributed by atoms with van der Waals surface area (Å²) in [7, 11) is 0. The number of pyridine rings is 1. The summed E-state index contributed by atoms with van der Waals surface area (Å²) in [5.74, 6) is 0.0377. The van der Waals surface area contributed by atoms with Crippen LogP contribution in [0, 0.1) is 13.8 Å². The van der Waals surface area contributed by atoms with Gasteiger partial charge in [0, 0.05) is 24.4 Å². The zero-order chi connectivity index (χ0) is 19.7. The monoisotopic (exact) mass is 377 g/mol. The number of fused-ring (bicyclic) bond motifs is 1. The molecule has 2 atom stereocenters. The third-order valence-electron chi connectivity index (χ3n) is 5.37. The number of imidazole rings is 1. The Kier molecular flexibility index (Phi) is 5.18. The molecule has 0 spiro atoms. The molecule has 1 fully saturated rings. The van der Waals surface area contributed by atoms with Crippen LogP contribution < -0.4 is 5.32 Å². The van der Waals surface area contributed by atoms with Crippen molar-refractivity contribution in [1.29, 1.82) is 0 Å². The van der Waals surface area contributed by atoms with Crippen LogP contribution in [0.25, 0.3) is 16.9 Å². The number of rotatable bonds is 4. The maximum absolute atomic E-state index is 12.9. The van der Waals surface area contributed by atoms with Gasteiger partial charge in [-0.1, -0.05) is 35.9 Å². The molecule has 2 aromatic heterocycles. The minimum atomic E-state index is 0.0377. The van der Waals surface area contributed by atoms with E-state index in [-0.39, 0.29) is 18.1 Å². The molecule has 5 heteroatoms. The molecule has 1 aliphatic rings. The molecular weight excluding hydrogens is 350 g/mol. The highest BCUT2D eigenvalue weighted by molar-refractivity contribution is 5.82. The van der Waals surface area contributed by atoms with Crippen LogP contribution >= 0.6 is 0 Å². The number of carbonyl (C=O) groups is 1. The largest absolute Gasteiger partial charge is 0.378 e. The quantitative estimate of drug-likeness (QED) is 0.751. The van der Waals surface area contributed by atoms with Crippen LogP contribution in [0.2, 0.25) is 0 Å². The molecule has 5 nitrogen and oxygen atoms in total. The Balaban J connectivity index is 1.66. The molecule has 1 saturated heterocycles. The molecule has 0 bridgehead atoms. The van der Waals surface area contributed by atoms with Crippen molar-refractivity contribution >= 4 is 11.6 Å². The number of ether oxygens (including phenoxy) is 1. The van der Waals surface area contributed by atoms with Crippen LogP contribution in [0.15, 0.2) is 42.6 Å². The highest BCUT2D eigenvalue weighted by atomic mass is 16.5. The average molecular weight is 377 g/mol. The van der Waals surface area contributed by atoms with Gasteiger partial charge in [-0.05, 0) is 45.2 Å². The number of aryl methyl sites for hydroxylation is 2. The molecule has 1 aliphatic heterocycles. The van der Waals surface area contributed by atoms with E-state index in [1.54, 1.807) is 0 Å². The van der Waals surface area contributed by atoms with Crippen molar-refractivity contribution in [2.75, 3.05) is 6.61 Å². The zero-order valence-electron chi connectivity index (χ0n) is 16.7. The maximum atomic E-state index is 12.9. The van der Waals surface area contributed by atoms with E-state index in [0.29, 0.717) is 13.0 Å². The van der Waals surface area contributed by atoms with E-state index in [4.69, 9.17) is 9.72 Å². The summed E-state index contributed by atoms with van der Waals surface area (Å²) in [6, 6.07) is 12.6. The summed E-state index contributed by atoms with van der Waals surface area (Å²) in [6.45, 7) is 6.88.